The molecule has 3 aromatic heterocycles. The van der Waals surface area contributed by atoms with Crippen molar-refractivity contribution >= 4 is 64.8 Å². The minimum absolute atomic E-state index is 0.709. The predicted molar refractivity (Wildman–Crippen MR) is 241 cm³/mol. The van der Waals surface area contributed by atoms with Crippen LogP contribution in [0.25, 0.3) is 92.7 Å². The lowest BCUT2D eigenvalue weighted by atomic mass is 9.97. The molecule has 5 heteroatoms. The normalized spacial score (nSPS) is 11.5. The van der Waals surface area contributed by atoms with Gasteiger partial charge in [-0.2, -0.15) is 0 Å². The minimum atomic E-state index is 0.709. The van der Waals surface area contributed by atoms with Crippen molar-refractivity contribution < 1.29 is 0 Å². The third-order valence-corrected chi connectivity index (χ3v) is 12.0. The zero-order valence-electron chi connectivity index (χ0n) is 30.8. The fourth-order valence-corrected chi connectivity index (χ4v) is 9.21. The average molecular weight is 747 g/mol. The van der Waals surface area contributed by atoms with Crippen LogP contribution in [0, 0.1) is 0 Å². The van der Waals surface area contributed by atoms with E-state index in [0.29, 0.717) is 5.82 Å². The third kappa shape index (κ3) is 5.84. The van der Waals surface area contributed by atoms with E-state index in [1.54, 1.807) is 11.3 Å². The molecule has 0 fully saturated rings. The van der Waals surface area contributed by atoms with Gasteiger partial charge in [0.25, 0.3) is 0 Å². The SMILES string of the molecule is c1ccc(Nc2ccccc2-c2cccc(-c3ccc4c(c3)c3ccccc3n4-c3nc(-c4cccc(-c5ccccc5)c4)nc4c3sc3ccccc34)c2)cc1. The first-order valence-corrected chi connectivity index (χ1v) is 20.0. The molecule has 0 spiro atoms. The van der Waals surface area contributed by atoms with Crippen molar-refractivity contribution in [2.24, 2.45) is 0 Å². The van der Waals surface area contributed by atoms with Gasteiger partial charge >= 0.3 is 0 Å². The van der Waals surface area contributed by atoms with E-state index in [1.165, 1.54) is 21.0 Å². The Balaban J connectivity index is 1.08. The van der Waals surface area contributed by atoms with E-state index in [2.05, 4.69) is 204 Å². The van der Waals surface area contributed by atoms with Gasteiger partial charge < -0.3 is 5.32 Å². The first-order chi connectivity index (χ1) is 28.2. The second-order valence-electron chi connectivity index (χ2n) is 14.3. The topological polar surface area (TPSA) is 42.7 Å². The number of hydrogen-bond acceptors (Lipinski definition) is 4. The number of benzene rings is 8. The van der Waals surface area contributed by atoms with Crippen molar-refractivity contribution in [1.82, 2.24) is 14.5 Å². The summed E-state index contributed by atoms with van der Waals surface area (Å²) in [4.78, 5) is 10.8. The lowest BCUT2D eigenvalue weighted by molar-refractivity contribution is 1.08. The molecule has 0 saturated carbocycles. The number of aromatic nitrogens is 3. The Morgan fingerprint density at radius 2 is 1.04 bits per heavy atom. The molecule has 4 nitrogen and oxygen atoms in total. The Labute approximate surface area is 334 Å². The lowest BCUT2D eigenvalue weighted by Gasteiger charge is -2.14. The first-order valence-electron chi connectivity index (χ1n) is 19.2. The van der Waals surface area contributed by atoms with Gasteiger partial charge in [0.1, 0.15) is 0 Å². The van der Waals surface area contributed by atoms with Crippen molar-refractivity contribution in [3.8, 4) is 50.6 Å². The molecule has 0 unspecified atom stereocenters. The highest BCUT2D eigenvalue weighted by atomic mass is 32.1. The Morgan fingerprint density at radius 3 is 1.89 bits per heavy atom. The minimum Gasteiger partial charge on any atom is -0.355 e. The van der Waals surface area contributed by atoms with E-state index in [0.717, 1.165) is 77.2 Å². The number of anilines is 2. The van der Waals surface area contributed by atoms with E-state index in [4.69, 9.17) is 9.97 Å². The van der Waals surface area contributed by atoms with Gasteiger partial charge in [-0.1, -0.05) is 146 Å². The Kier molecular flexibility index (Phi) is 7.97. The van der Waals surface area contributed by atoms with Crippen LogP contribution in [0.2, 0.25) is 0 Å². The molecular weight excluding hydrogens is 713 g/mol. The molecule has 1 N–H and O–H groups in total. The lowest BCUT2D eigenvalue weighted by Crippen LogP contribution is -2.01. The Bertz CT molecular complexity index is 3270. The van der Waals surface area contributed by atoms with Crippen LogP contribution in [-0.2, 0) is 0 Å². The molecule has 0 radical (unpaired) electrons. The van der Waals surface area contributed by atoms with Gasteiger partial charge in [0.05, 0.1) is 21.3 Å². The molecule has 57 heavy (non-hydrogen) atoms. The van der Waals surface area contributed by atoms with Gasteiger partial charge in [0.15, 0.2) is 11.6 Å². The molecule has 0 amide bonds. The second-order valence-corrected chi connectivity index (χ2v) is 15.3. The van der Waals surface area contributed by atoms with Crippen molar-refractivity contribution in [3.63, 3.8) is 0 Å². The smallest absolute Gasteiger partial charge is 0.162 e. The highest BCUT2D eigenvalue weighted by Crippen LogP contribution is 2.42. The van der Waals surface area contributed by atoms with Crippen LogP contribution in [0.15, 0.2) is 200 Å². The number of nitrogens with one attached hydrogen (secondary N) is 1. The molecule has 0 atom stereocenters. The van der Waals surface area contributed by atoms with E-state index in [1.807, 2.05) is 6.07 Å². The zero-order chi connectivity index (χ0) is 37.7. The van der Waals surface area contributed by atoms with Crippen molar-refractivity contribution in [2.75, 3.05) is 5.32 Å². The van der Waals surface area contributed by atoms with Crippen molar-refractivity contribution in [1.29, 1.82) is 0 Å². The largest absolute Gasteiger partial charge is 0.355 e. The zero-order valence-corrected chi connectivity index (χ0v) is 31.6. The summed E-state index contributed by atoms with van der Waals surface area (Å²) in [6.45, 7) is 0. The molecule has 0 aliphatic heterocycles. The number of nitrogens with zero attached hydrogens (tertiary/aromatic N) is 3. The molecule has 0 bridgehead atoms. The summed E-state index contributed by atoms with van der Waals surface area (Å²) >= 11 is 1.76. The van der Waals surface area contributed by atoms with Gasteiger partial charge in [-0.25, -0.2) is 9.97 Å². The number of hydrogen-bond donors (Lipinski definition) is 1. The monoisotopic (exact) mass is 746 g/mol. The van der Waals surface area contributed by atoms with E-state index >= 15 is 0 Å². The summed E-state index contributed by atoms with van der Waals surface area (Å²) in [6, 6.07) is 70.9. The maximum atomic E-state index is 5.46. The standard InChI is InChI=1S/C52H34N4S/c1-3-15-34(16-4-1)35-17-14-20-39(32-35)51-54-49-43-25-9-12-28-48(43)57-50(49)52(55-51)56-46-27-11-8-24-42(46)44-33-37(29-30-47(44)56)36-18-13-19-38(31-36)41-23-7-10-26-45(41)53-40-21-5-2-6-22-40/h1-33,53H. The molecule has 0 aliphatic rings. The van der Waals surface area contributed by atoms with Crippen LogP contribution >= 0.6 is 11.3 Å². The molecule has 11 rings (SSSR count). The van der Waals surface area contributed by atoms with Gasteiger partial charge in [-0.05, 0) is 82.4 Å². The summed E-state index contributed by atoms with van der Waals surface area (Å²) in [5, 5.41) is 7.13. The summed E-state index contributed by atoms with van der Waals surface area (Å²) in [6.07, 6.45) is 0. The summed E-state index contributed by atoms with van der Waals surface area (Å²) in [5.41, 5.74) is 13.3. The molecule has 3 heterocycles. The van der Waals surface area contributed by atoms with Crippen LogP contribution in [0.1, 0.15) is 0 Å². The van der Waals surface area contributed by atoms with Crippen LogP contribution in [0.3, 0.4) is 0 Å². The first kappa shape index (κ1) is 33.0. The Morgan fingerprint density at radius 1 is 0.421 bits per heavy atom. The summed E-state index contributed by atoms with van der Waals surface area (Å²) < 4.78 is 4.61. The van der Waals surface area contributed by atoms with Gasteiger partial charge in [0, 0.05) is 43.4 Å². The van der Waals surface area contributed by atoms with Crippen molar-refractivity contribution in [3.05, 3.63) is 200 Å². The van der Waals surface area contributed by atoms with Gasteiger partial charge in [-0.3, -0.25) is 4.57 Å². The second kappa shape index (κ2) is 13.7. The van der Waals surface area contributed by atoms with E-state index in [9.17, 15) is 0 Å². The summed E-state index contributed by atoms with van der Waals surface area (Å²) in [5.74, 6) is 1.60. The van der Waals surface area contributed by atoms with Gasteiger partial charge in [0.2, 0.25) is 0 Å². The number of fused-ring (bicyclic) bond motifs is 6. The number of rotatable bonds is 7. The van der Waals surface area contributed by atoms with Crippen LogP contribution < -0.4 is 5.32 Å². The maximum absolute atomic E-state index is 5.46. The highest BCUT2D eigenvalue weighted by Gasteiger charge is 2.21. The van der Waals surface area contributed by atoms with E-state index < -0.39 is 0 Å². The molecule has 0 saturated heterocycles. The molecule has 0 aliphatic carbocycles. The third-order valence-electron chi connectivity index (χ3n) is 10.8. The Hall–Kier alpha value is -7.34. The number of thiophene rings is 1. The van der Waals surface area contributed by atoms with Crippen LogP contribution in [-0.4, -0.2) is 14.5 Å². The van der Waals surface area contributed by atoms with E-state index in [-0.39, 0.29) is 0 Å². The molecule has 11 aromatic rings. The number of para-hydroxylation sites is 3. The van der Waals surface area contributed by atoms with Crippen molar-refractivity contribution in [2.45, 2.75) is 0 Å². The average Bonchev–Trinajstić information content (AvgIpc) is 3.83. The molecular formula is C52H34N4S. The maximum Gasteiger partial charge on any atom is 0.162 e. The van der Waals surface area contributed by atoms with Gasteiger partial charge in [-0.15, -0.1) is 11.3 Å². The quantitative estimate of drug-likeness (QED) is 0.177. The van der Waals surface area contributed by atoms with Crippen LogP contribution in [0.4, 0.5) is 11.4 Å². The van der Waals surface area contributed by atoms with Crippen LogP contribution in [0.5, 0.6) is 0 Å². The predicted octanol–water partition coefficient (Wildman–Crippen LogP) is 14.4. The molecule has 8 aromatic carbocycles. The summed E-state index contributed by atoms with van der Waals surface area (Å²) in [7, 11) is 0. The molecule has 268 valence electrons. The fraction of sp³-hybridized carbons (Fsp3) is 0. The fourth-order valence-electron chi connectivity index (χ4n) is 8.09. The highest BCUT2D eigenvalue weighted by molar-refractivity contribution is 7.26.